The average molecular weight is 163 g/mol. The summed E-state index contributed by atoms with van der Waals surface area (Å²) in [7, 11) is 0. The van der Waals surface area contributed by atoms with Gasteiger partial charge in [0.15, 0.2) is 0 Å². The Morgan fingerprint density at radius 2 is 1.90 bits per heavy atom. The quantitative estimate of drug-likeness (QED) is 0.647. The molecule has 58 valence electrons. The number of rotatable bonds is 3. The van der Waals surface area contributed by atoms with E-state index in [0.717, 1.165) is 0 Å². The van der Waals surface area contributed by atoms with Crippen LogP contribution in [0.2, 0.25) is 0 Å². The molecule has 0 atom stereocenters. The molecule has 0 amide bonds. The molecule has 0 unspecified atom stereocenters. The smallest absolute Gasteiger partial charge is 0.332 e. The molecule has 0 radical (unpaired) electrons. The summed E-state index contributed by atoms with van der Waals surface area (Å²) in [5, 5.41) is 8.99. The third-order valence-corrected chi connectivity index (χ3v) is 1.74. The number of allylic oxidation sites excluding steroid dienone is 1. The molecular formula is C7H11ClO2. The van der Waals surface area contributed by atoms with E-state index < -0.39 is 5.97 Å². The molecule has 10 heavy (non-hydrogen) atoms. The lowest BCUT2D eigenvalue weighted by molar-refractivity contribution is -0.132. The van der Waals surface area contributed by atoms with Gasteiger partial charge in [-0.2, -0.15) is 0 Å². The molecule has 0 aliphatic carbocycles. The molecule has 0 saturated carbocycles. The summed E-state index contributed by atoms with van der Waals surface area (Å²) in [6.07, 6.45) is 1.08. The first kappa shape index (κ1) is 9.50. The first-order chi connectivity index (χ1) is 4.63. The zero-order valence-electron chi connectivity index (χ0n) is 6.15. The van der Waals surface area contributed by atoms with Crippen molar-refractivity contribution in [2.45, 2.75) is 26.7 Å². The fourth-order valence-corrected chi connectivity index (χ4v) is 0.887. The molecule has 0 aliphatic rings. The van der Waals surface area contributed by atoms with Gasteiger partial charge in [0.25, 0.3) is 0 Å². The van der Waals surface area contributed by atoms with Gasteiger partial charge in [-0.05, 0) is 12.8 Å². The van der Waals surface area contributed by atoms with E-state index in [4.69, 9.17) is 16.7 Å². The zero-order valence-corrected chi connectivity index (χ0v) is 6.90. The molecule has 0 rings (SSSR count). The molecule has 0 heterocycles. The van der Waals surface area contributed by atoms with E-state index in [9.17, 15) is 4.79 Å². The standard InChI is InChI=1S/C7H11ClO2/c1-3-5(7(9)10)6(8)4-2/h3-4H2,1-2H3,(H,9,10). The van der Waals surface area contributed by atoms with E-state index in [1.807, 2.05) is 6.92 Å². The van der Waals surface area contributed by atoms with Crippen LogP contribution in [0.25, 0.3) is 0 Å². The third kappa shape index (κ3) is 2.40. The average Bonchev–Trinajstić information content (AvgIpc) is 1.88. The molecule has 0 aromatic rings. The van der Waals surface area contributed by atoms with Gasteiger partial charge in [0, 0.05) is 5.03 Å². The van der Waals surface area contributed by atoms with E-state index in [1.165, 1.54) is 0 Å². The van der Waals surface area contributed by atoms with Crippen LogP contribution in [0.4, 0.5) is 0 Å². The SMILES string of the molecule is CCC(Cl)=C(CC)C(=O)O. The maximum atomic E-state index is 10.4. The van der Waals surface area contributed by atoms with E-state index >= 15 is 0 Å². The van der Waals surface area contributed by atoms with Crippen LogP contribution in [0.3, 0.4) is 0 Å². The molecule has 0 bridgehead atoms. The molecule has 0 aliphatic heterocycles. The van der Waals surface area contributed by atoms with Crippen LogP contribution in [0.1, 0.15) is 26.7 Å². The van der Waals surface area contributed by atoms with Crippen LogP contribution in [-0.2, 0) is 4.79 Å². The monoisotopic (exact) mass is 162 g/mol. The summed E-state index contributed by atoms with van der Waals surface area (Å²) in [6, 6.07) is 0. The predicted octanol–water partition coefficient (Wildman–Crippen LogP) is 2.38. The van der Waals surface area contributed by atoms with Gasteiger partial charge in [-0.25, -0.2) is 4.79 Å². The Kier molecular flexibility index (Phi) is 4.12. The second kappa shape index (κ2) is 4.34. The van der Waals surface area contributed by atoms with Crippen molar-refractivity contribution in [3.63, 3.8) is 0 Å². The van der Waals surface area contributed by atoms with Gasteiger partial charge in [0.1, 0.15) is 0 Å². The van der Waals surface area contributed by atoms with Crippen molar-refractivity contribution in [1.29, 1.82) is 0 Å². The lowest BCUT2D eigenvalue weighted by Gasteiger charge is -1.99. The highest BCUT2D eigenvalue weighted by Gasteiger charge is 2.08. The Labute approximate surface area is 65.5 Å². The minimum Gasteiger partial charge on any atom is -0.478 e. The first-order valence-electron chi connectivity index (χ1n) is 3.24. The summed E-state index contributed by atoms with van der Waals surface area (Å²) in [5.74, 6) is -0.908. The summed E-state index contributed by atoms with van der Waals surface area (Å²) >= 11 is 5.63. The summed E-state index contributed by atoms with van der Waals surface area (Å²) in [6.45, 7) is 3.61. The van der Waals surface area contributed by atoms with E-state index in [0.29, 0.717) is 23.4 Å². The Balaban J connectivity index is 4.45. The number of aliphatic carboxylic acids is 1. The molecule has 0 spiro atoms. The van der Waals surface area contributed by atoms with Crippen molar-refractivity contribution >= 4 is 17.6 Å². The van der Waals surface area contributed by atoms with Crippen molar-refractivity contribution < 1.29 is 9.90 Å². The van der Waals surface area contributed by atoms with Gasteiger partial charge in [-0.3, -0.25) is 0 Å². The number of carbonyl (C=O) groups is 1. The van der Waals surface area contributed by atoms with Crippen molar-refractivity contribution in [3.05, 3.63) is 10.6 Å². The van der Waals surface area contributed by atoms with Gasteiger partial charge in [0.2, 0.25) is 0 Å². The minimum atomic E-state index is -0.908. The van der Waals surface area contributed by atoms with Gasteiger partial charge in [0.05, 0.1) is 5.57 Å². The van der Waals surface area contributed by atoms with E-state index in [-0.39, 0.29) is 0 Å². The lowest BCUT2D eigenvalue weighted by Crippen LogP contribution is -2.00. The number of hydrogen-bond acceptors (Lipinski definition) is 1. The Bertz CT molecular complexity index is 161. The Morgan fingerprint density at radius 3 is 2.00 bits per heavy atom. The van der Waals surface area contributed by atoms with Crippen molar-refractivity contribution in [2.75, 3.05) is 0 Å². The lowest BCUT2D eigenvalue weighted by atomic mass is 10.2. The summed E-state index contributed by atoms with van der Waals surface area (Å²) in [4.78, 5) is 10.4. The molecular weight excluding hydrogens is 152 g/mol. The van der Waals surface area contributed by atoms with Crippen molar-refractivity contribution in [1.82, 2.24) is 0 Å². The van der Waals surface area contributed by atoms with Gasteiger partial charge in [-0.1, -0.05) is 25.4 Å². The summed E-state index contributed by atoms with van der Waals surface area (Å²) < 4.78 is 0. The zero-order chi connectivity index (χ0) is 8.15. The Hall–Kier alpha value is -0.500. The molecule has 2 nitrogen and oxygen atoms in total. The van der Waals surface area contributed by atoms with Crippen LogP contribution in [0, 0.1) is 0 Å². The molecule has 1 N–H and O–H groups in total. The highest BCUT2D eigenvalue weighted by atomic mass is 35.5. The van der Waals surface area contributed by atoms with E-state index in [2.05, 4.69) is 0 Å². The fraction of sp³-hybridized carbons (Fsp3) is 0.571. The molecule has 3 heteroatoms. The Morgan fingerprint density at radius 1 is 1.40 bits per heavy atom. The van der Waals surface area contributed by atoms with Gasteiger partial charge in [-0.15, -0.1) is 0 Å². The highest BCUT2D eigenvalue weighted by molar-refractivity contribution is 6.31. The fourth-order valence-electron chi connectivity index (χ4n) is 0.672. The molecule has 0 aromatic heterocycles. The molecule has 0 saturated heterocycles. The maximum Gasteiger partial charge on any atom is 0.332 e. The second-order valence-corrected chi connectivity index (χ2v) is 2.35. The minimum absolute atomic E-state index is 0.323. The van der Waals surface area contributed by atoms with E-state index in [1.54, 1.807) is 6.92 Å². The topological polar surface area (TPSA) is 37.3 Å². The molecule has 0 fully saturated rings. The normalized spacial score (nSPS) is 12.7. The number of carboxylic acids is 1. The maximum absolute atomic E-state index is 10.4. The van der Waals surface area contributed by atoms with Crippen LogP contribution in [0.15, 0.2) is 10.6 Å². The van der Waals surface area contributed by atoms with Crippen LogP contribution in [-0.4, -0.2) is 11.1 Å². The number of hydrogen-bond donors (Lipinski definition) is 1. The second-order valence-electron chi connectivity index (χ2n) is 1.90. The number of carboxylic acid groups (broad SMARTS) is 1. The third-order valence-electron chi connectivity index (χ3n) is 1.25. The number of halogens is 1. The van der Waals surface area contributed by atoms with Gasteiger partial charge < -0.3 is 5.11 Å². The predicted molar refractivity (Wildman–Crippen MR) is 41.1 cm³/mol. The van der Waals surface area contributed by atoms with Crippen molar-refractivity contribution in [3.8, 4) is 0 Å². The van der Waals surface area contributed by atoms with Crippen molar-refractivity contribution in [2.24, 2.45) is 0 Å². The highest BCUT2D eigenvalue weighted by Crippen LogP contribution is 2.15. The van der Waals surface area contributed by atoms with Crippen LogP contribution >= 0.6 is 11.6 Å². The van der Waals surface area contributed by atoms with Crippen LogP contribution < -0.4 is 0 Å². The molecule has 0 aromatic carbocycles. The van der Waals surface area contributed by atoms with Gasteiger partial charge >= 0.3 is 5.97 Å². The largest absolute Gasteiger partial charge is 0.478 e. The first-order valence-corrected chi connectivity index (χ1v) is 3.62. The summed E-state index contributed by atoms with van der Waals surface area (Å²) in [5.41, 5.74) is 0.323. The van der Waals surface area contributed by atoms with Crippen LogP contribution in [0.5, 0.6) is 0 Å².